The molecule has 1 saturated heterocycles. The molecule has 0 atom stereocenters. The lowest BCUT2D eigenvalue weighted by Crippen LogP contribution is -2.44. The Bertz CT molecular complexity index is 890. The number of thiocarbonyl (C=S) groups is 1. The van der Waals surface area contributed by atoms with E-state index in [1.807, 2.05) is 43.3 Å². The standard InChI is InChI=1S/C23H30ClN3O3S/c1-17-4-6-20(19(24)14-17)25-23(31)27(9-8-26-10-12-30-13-11-26)16-18-5-7-21(28-2)22(15-18)29-3/h4-7,14-15H,8-13,16H2,1-3H3,(H,25,31). The molecule has 0 radical (unpaired) electrons. The van der Waals surface area contributed by atoms with Gasteiger partial charge in [-0.05, 0) is 54.5 Å². The molecule has 1 aliphatic rings. The Morgan fingerprint density at radius 3 is 2.55 bits per heavy atom. The first-order valence-corrected chi connectivity index (χ1v) is 11.1. The molecule has 3 rings (SSSR count). The van der Waals surface area contributed by atoms with Crippen LogP contribution in [0.25, 0.3) is 0 Å². The molecule has 0 aromatic heterocycles. The quantitative estimate of drug-likeness (QED) is 0.589. The molecule has 2 aromatic carbocycles. The minimum atomic E-state index is 0.633. The molecule has 0 amide bonds. The van der Waals surface area contributed by atoms with Gasteiger partial charge in [0.05, 0.1) is 38.1 Å². The summed E-state index contributed by atoms with van der Waals surface area (Å²) in [7, 11) is 3.28. The van der Waals surface area contributed by atoms with E-state index < -0.39 is 0 Å². The minimum Gasteiger partial charge on any atom is -0.493 e. The predicted molar refractivity (Wildman–Crippen MR) is 130 cm³/mol. The molecule has 31 heavy (non-hydrogen) atoms. The average molecular weight is 464 g/mol. The van der Waals surface area contributed by atoms with Gasteiger partial charge in [-0.3, -0.25) is 4.90 Å². The van der Waals surface area contributed by atoms with Gasteiger partial charge in [0, 0.05) is 32.7 Å². The summed E-state index contributed by atoms with van der Waals surface area (Å²) in [6.07, 6.45) is 0. The Morgan fingerprint density at radius 2 is 1.87 bits per heavy atom. The van der Waals surface area contributed by atoms with E-state index in [-0.39, 0.29) is 0 Å². The van der Waals surface area contributed by atoms with E-state index in [9.17, 15) is 0 Å². The highest BCUT2D eigenvalue weighted by Crippen LogP contribution is 2.28. The van der Waals surface area contributed by atoms with Gasteiger partial charge in [0.25, 0.3) is 0 Å². The third kappa shape index (κ3) is 6.71. The van der Waals surface area contributed by atoms with Crippen LogP contribution in [0.4, 0.5) is 5.69 Å². The van der Waals surface area contributed by atoms with Gasteiger partial charge in [0.2, 0.25) is 0 Å². The summed E-state index contributed by atoms with van der Waals surface area (Å²) in [4.78, 5) is 4.55. The van der Waals surface area contributed by atoms with Crippen molar-refractivity contribution in [1.82, 2.24) is 9.80 Å². The third-order valence-corrected chi connectivity index (χ3v) is 5.94. The zero-order valence-electron chi connectivity index (χ0n) is 18.3. The number of hydrogen-bond acceptors (Lipinski definition) is 5. The van der Waals surface area contributed by atoms with Crippen molar-refractivity contribution in [3.8, 4) is 11.5 Å². The van der Waals surface area contributed by atoms with E-state index in [1.165, 1.54) is 0 Å². The Hall–Kier alpha value is -2.06. The van der Waals surface area contributed by atoms with E-state index >= 15 is 0 Å². The highest BCUT2D eigenvalue weighted by atomic mass is 35.5. The number of nitrogens with zero attached hydrogens (tertiary/aromatic N) is 2. The summed E-state index contributed by atoms with van der Waals surface area (Å²) in [5.41, 5.74) is 3.00. The molecule has 1 N–H and O–H groups in total. The van der Waals surface area contributed by atoms with E-state index in [4.69, 9.17) is 38.0 Å². The van der Waals surface area contributed by atoms with Crippen LogP contribution in [0.2, 0.25) is 5.02 Å². The fourth-order valence-corrected chi connectivity index (χ4v) is 4.00. The molecular formula is C23H30ClN3O3S. The number of benzene rings is 2. The number of ether oxygens (including phenoxy) is 3. The topological polar surface area (TPSA) is 46.2 Å². The normalized spacial score (nSPS) is 14.2. The molecule has 0 spiro atoms. The van der Waals surface area contributed by atoms with Crippen molar-refractivity contribution in [2.45, 2.75) is 13.5 Å². The molecule has 1 aliphatic heterocycles. The largest absolute Gasteiger partial charge is 0.493 e. The maximum atomic E-state index is 6.42. The average Bonchev–Trinajstić information content (AvgIpc) is 2.78. The number of halogens is 1. The Kier molecular flexibility index (Phi) is 8.78. The number of hydrogen-bond donors (Lipinski definition) is 1. The van der Waals surface area contributed by atoms with Gasteiger partial charge in [-0.15, -0.1) is 0 Å². The monoisotopic (exact) mass is 463 g/mol. The van der Waals surface area contributed by atoms with E-state index in [1.54, 1.807) is 14.2 Å². The summed E-state index contributed by atoms with van der Waals surface area (Å²) in [6.45, 7) is 7.76. The Labute approximate surface area is 195 Å². The van der Waals surface area contributed by atoms with Crippen molar-refractivity contribution < 1.29 is 14.2 Å². The first kappa shape index (κ1) is 23.6. The van der Waals surface area contributed by atoms with Crippen LogP contribution in [0.5, 0.6) is 11.5 Å². The number of rotatable bonds is 8. The number of methoxy groups -OCH3 is 2. The van der Waals surface area contributed by atoms with E-state index in [2.05, 4.69) is 15.1 Å². The maximum Gasteiger partial charge on any atom is 0.173 e. The molecule has 2 aromatic rings. The van der Waals surface area contributed by atoms with Crippen LogP contribution in [0.15, 0.2) is 36.4 Å². The first-order chi connectivity index (χ1) is 15.0. The van der Waals surface area contributed by atoms with Crippen molar-refractivity contribution in [3.05, 3.63) is 52.5 Å². The molecule has 0 saturated carbocycles. The lowest BCUT2D eigenvalue weighted by Gasteiger charge is -2.31. The molecule has 0 bridgehead atoms. The zero-order valence-corrected chi connectivity index (χ0v) is 19.9. The van der Waals surface area contributed by atoms with E-state index in [0.29, 0.717) is 28.2 Å². The molecule has 1 heterocycles. The van der Waals surface area contributed by atoms with Gasteiger partial charge in [-0.2, -0.15) is 0 Å². The summed E-state index contributed by atoms with van der Waals surface area (Å²) >= 11 is 12.2. The lowest BCUT2D eigenvalue weighted by molar-refractivity contribution is 0.0358. The van der Waals surface area contributed by atoms with Gasteiger partial charge in [0.1, 0.15) is 0 Å². The molecule has 8 heteroatoms. The van der Waals surface area contributed by atoms with Crippen molar-refractivity contribution in [2.24, 2.45) is 0 Å². The number of anilines is 1. The van der Waals surface area contributed by atoms with Crippen LogP contribution in [0.1, 0.15) is 11.1 Å². The molecule has 1 fully saturated rings. The molecule has 0 unspecified atom stereocenters. The summed E-state index contributed by atoms with van der Waals surface area (Å²) < 4.78 is 16.3. The van der Waals surface area contributed by atoms with Crippen LogP contribution in [-0.4, -0.2) is 68.5 Å². The van der Waals surface area contributed by atoms with Gasteiger partial charge in [-0.1, -0.05) is 23.7 Å². The van der Waals surface area contributed by atoms with Gasteiger partial charge in [-0.25, -0.2) is 0 Å². The lowest BCUT2D eigenvalue weighted by atomic mass is 10.2. The molecule has 0 aliphatic carbocycles. The molecule has 168 valence electrons. The smallest absolute Gasteiger partial charge is 0.173 e. The second-order valence-electron chi connectivity index (χ2n) is 7.48. The van der Waals surface area contributed by atoms with E-state index in [0.717, 1.165) is 56.2 Å². The van der Waals surface area contributed by atoms with Crippen molar-refractivity contribution in [3.63, 3.8) is 0 Å². The maximum absolute atomic E-state index is 6.42. The number of morpholine rings is 1. The van der Waals surface area contributed by atoms with Crippen LogP contribution >= 0.6 is 23.8 Å². The predicted octanol–water partition coefficient (Wildman–Crippen LogP) is 4.20. The number of nitrogens with one attached hydrogen (secondary N) is 1. The Balaban J connectivity index is 1.75. The van der Waals surface area contributed by atoms with Crippen molar-refractivity contribution in [2.75, 3.05) is 58.9 Å². The summed E-state index contributed by atoms with van der Waals surface area (Å²) in [5.74, 6) is 1.41. The van der Waals surface area contributed by atoms with Crippen molar-refractivity contribution >= 4 is 34.6 Å². The highest BCUT2D eigenvalue weighted by Gasteiger charge is 2.17. The fourth-order valence-electron chi connectivity index (χ4n) is 3.45. The third-order valence-electron chi connectivity index (χ3n) is 5.26. The van der Waals surface area contributed by atoms with Gasteiger partial charge >= 0.3 is 0 Å². The van der Waals surface area contributed by atoms with Crippen molar-refractivity contribution in [1.29, 1.82) is 0 Å². The zero-order chi connectivity index (χ0) is 22.2. The van der Waals surface area contributed by atoms with Crippen LogP contribution in [-0.2, 0) is 11.3 Å². The Morgan fingerprint density at radius 1 is 1.13 bits per heavy atom. The highest BCUT2D eigenvalue weighted by molar-refractivity contribution is 7.80. The molecule has 6 nitrogen and oxygen atoms in total. The minimum absolute atomic E-state index is 0.633. The summed E-state index contributed by atoms with van der Waals surface area (Å²) in [6, 6.07) is 11.8. The fraction of sp³-hybridized carbons (Fsp3) is 0.435. The van der Waals surface area contributed by atoms with Crippen LogP contribution in [0, 0.1) is 6.92 Å². The van der Waals surface area contributed by atoms with Gasteiger partial charge in [0.15, 0.2) is 16.6 Å². The second-order valence-corrected chi connectivity index (χ2v) is 8.27. The second kappa shape index (κ2) is 11.5. The summed E-state index contributed by atoms with van der Waals surface area (Å²) in [5, 5.41) is 4.61. The first-order valence-electron chi connectivity index (χ1n) is 10.3. The molecular weight excluding hydrogens is 434 g/mol. The van der Waals surface area contributed by atoms with Crippen LogP contribution in [0.3, 0.4) is 0 Å². The SMILES string of the molecule is COc1ccc(CN(CCN2CCOCC2)C(=S)Nc2ccc(C)cc2Cl)cc1OC. The van der Waals surface area contributed by atoms with Crippen LogP contribution < -0.4 is 14.8 Å². The number of aryl methyl sites for hydroxylation is 1. The van der Waals surface area contributed by atoms with Gasteiger partial charge < -0.3 is 24.4 Å².